The molecule has 0 bridgehead atoms. The Balaban J connectivity index is 1.94. The molecule has 7 nitrogen and oxygen atoms in total. The summed E-state index contributed by atoms with van der Waals surface area (Å²) in [5.41, 5.74) is 0.352. The molecule has 1 aliphatic heterocycles. The second-order valence-electron chi connectivity index (χ2n) is 7.76. The summed E-state index contributed by atoms with van der Waals surface area (Å²) in [4.78, 5) is 25.3. The minimum absolute atomic E-state index is 0.000697. The Morgan fingerprint density at radius 1 is 1.33 bits per heavy atom. The fourth-order valence-corrected chi connectivity index (χ4v) is 3.56. The van der Waals surface area contributed by atoms with Crippen LogP contribution in [0.1, 0.15) is 38.7 Å². The number of nitrogens with zero attached hydrogens (tertiary/aromatic N) is 1. The monoisotopic (exact) mass is 442 g/mol. The molecule has 150 valence electrons. The first kappa shape index (κ1) is 21.7. The van der Waals surface area contributed by atoms with E-state index in [1.807, 2.05) is 24.3 Å². The predicted octanol–water partition coefficient (Wildman–Crippen LogP) is 2.58. The van der Waals surface area contributed by atoms with E-state index < -0.39 is 29.8 Å². The van der Waals surface area contributed by atoms with Crippen molar-refractivity contribution in [2.75, 3.05) is 19.6 Å². The first-order valence-corrected chi connectivity index (χ1v) is 9.73. The molecule has 0 aromatic heterocycles. The molecule has 3 atom stereocenters. The fraction of sp³-hybridized carbons (Fsp3) is 0.579. The number of carboxylic acid groups (broad SMARTS) is 1. The Hall–Kier alpha value is -1.64. The molecule has 1 aliphatic rings. The number of aliphatic hydroxyl groups excluding tert-OH is 1. The summed E-state index contributed by atoms with van der Waals surface area (Å²) in [5, 5.41) is 22.5. The Morgan fingerprint density at radius 2 is 1.96 bits per heavy atom. The number of β-amino-alcohol motifs (C(OH)–C–C–N with tert-alkyl or cyclic N) is 1. The van der Waals surface area contributed by atoms with E-state index in [4.69, 9.17) is 4.74 Å². The zero-order chi connectivity index (χ0) is 20.2. The number of rotatable bonds is 6. The van der Waals surface area contributed by atoms with Gasteiger partial charge in [0.2, 0.25) is 0 Å². The van der Waals surface area contributed by atoms with Gasteiger partial charge in [-0.25, -0.2) is 4.79 Å². The van der Waals surface area contributed by atoms with Gasteiger partial charge < -0.3 is 20.3 Å². The van der Waals surface area contributed by atoms with Crippen LogP contribution in [0.4, 0.5) is 4.79 Å². The second kappa shape index (κ2) is 9.03. The average molecular weight is 443 g/mol. The van der Waals surface area contributed by atoms with E-state index in [1.54, 1.807) is 25.7 Å². The molecule has 3 N–H and O–H groups in total. The zero-order valence-electron chi connectivity index (χ0n) is 15.8. The first-order chi connectivity index (χ1) is 12.6. The molecule has 0 spiro atoms. The lowest BCUT2D eigenvalue weighted by molar-refractivity contribution is -0.143. The highest BCUT2D eigenvalue weighted by Crippen LogP contribution is 2.34. The fourth-order valence-electron chi connectivity index (χ4n) is 3.30. The summed E-state index contributed by atoms with van der Waals surface area (Å²) in [7, 11) is 0. The minimum Gasteiger partial charge on any atom is -0.480 e. The van der Waals surface area contributed by atoms with Crippen molar-refractivity contribution in [1.29, 1.82) is 0 Å². The van der Waals surface area contributed by atoms with Crippen LogP contribution in [-0.4, -0.2) is 64.6 Å². The SMILES string of the molecule is CC(C)(C)OC(=O)NC[C@@H](O)CN1CC[C@H](c2ccc(Br)cc2)[C@@H]1C(=O)O. The summed E-state index contributed by atoms with van der Waals surface area (Å²) < 4.78 is 6.07. The molecule has 8 heteroatoms. The highest BCUT2D eigenvalue weighted by molar-refractivity contribution is 9.10. The Morgan fingerprint density at radius 3 is 2.52 bits per heavy atom. The third kappa shape index (κ3) is 6.48. The summed E-state index contributed by atoms with van der Waals surface area (Å²) in [6, 6.07) is 6.94. The van der Waals surface area contributed by atoms with Gasteiger partial charge in [0.1, 0.15) is 11.6 Å². The Labute approximate surface area is 167 Å². The van der Waals surface area contributed by atoms with Crippen LogP contribution in [0.3, 0.4) is 0 Å². The summed E-state index contributed by atoms with van der Waals surface area (Å²) in [6.45, 7) is 6.01. The van der Waals surface area contributed by atoms with Gasteiger partial charge in [0, 0.05) is 23.5 Å². The number of nitrogens with one attached hydrogen (secondary N) is 1. The molecule has 1 saturated heterocycles. The molecule has 0 radical (unpaired) electrons. The van der Waals surface area contributed by atoms with Crippen LogP contribution < -0.4 is 5.32 Å². The standard InChI is InChI=1S/C19H27BrN2O5/c1-19(2,3)27-18(26)21-10-14(23)11-22-9-8-15(16(22)17(24)25)12-4-6-13(20)7-5-12/h4-7,14-16,23H,8-11H2,1-3H3,(H,21,26)(H,24,25)/t14-,15-,16-/m1/s1. The number of aliphatic carboxylic acids is 1. The lowest BCUT2D eigenvalue weighted by atomic mass is 9.92. The molecule has 1 heterocycles. The van der Waals surface area contributed by atoms with E-state index in [2.05, 4.69) is 21.2 Å². The largest absolute Gasteiger partial charge is 0.480 e. The molecule has 1 amide bonds. The summed E-state index contributed by atoms with van der Waals surface area (Å²) in [6.07, 6.45) is -0.793. The van der Waals surface area contributed by atoms with Crippen molar-refractivity contribution < 1.29 is 24.5 Å². The van der Waals surface area contributed by atoms with E-state index in [0.29, 0.717) is 13.0 Å². The minimum atomic E-state index is -0.910. The number of carbonyl (C=O) groups is 2. The van der Waals surface area contributed by atoms with Gasteiger partial charge in [-0.3, -0.25) is 9.69 Å². The number of aliphatic hydroxyl groups is 1. The van der Waals surface area contributed by atoms with Crippen LogP contribution in [0, 0.1) is 0 Å². The highest BCUT2D eigenvalue weighted by atomic mass is 79.9. The van der Waals surface area contributed by atoms with Crippen molar-refractivity contribution in [3.8, 4) is 0 Å². The number of carbonyl (C=O) groups excluding carboxylic acids is 1. The zero-order valence-corrected chi connectivity index (χ0v) is 17.4. The van der Waals surface area contributed by atoms with Crippen molar-refractivity contribution in [3.63, 3.8) is 0 Å². The van der Waals surface area contributed by atoms with Gasteiger partial charge in [-0.05, 0) is 51.4 Å². The van der Waals surface area contributed by atoms with Crippen molar-refractivity contribution >= 4 is 28.0 Å². The van der Waals surface area contributed by atoms with Gasteiger partial charge in [-0.15, -0.1) is 0 Å². The van der Waals surface area contributed by atoms with Crippen molar-refractivity contribution in [2.45, 2.75) is 50.9 Å². The third-order valence-electron chi connectivity index (χ3n) is 4.38. The average Bonchev–Trinajstić information content (AvgIpc) is 2.96. The highest BCUT2D eigenvalue weighted by Gasteiger charge is 2.40. The van der Waals surface area contributed by atoms with Crippen LogP contribution in [0.15, 0.2) is 28.7 Å². The molecule has 0 unspecified atom stereocenters. The quantitative estimate of drug-likeness (QED) is 0.625. The van der Waals surface area contributed by atoms with Crippen molar-refractivity contribution in [1.82, 2.24) is 10.2 Å². The van der Waals surface area contributed by atoms with E-state index in [1.165, 1.54) is 0 Å². The molecule has 1 fully saturated rings. The number of halogens is 1. The van der Waals surface area contributed by atoms with Crippen LogP contribution in [0.2, 0.25) is 0 Å². The second-order valence-corrected chi connectivity index (χ2v) is 8.68. The number of hydrogen-bond donors (Lipinski definition) is 3. The number of amides is 1. The van der Waals surface area contributed by atoms with Gasteiger partial charge in [0.15, 0.2) is 0 Å². The molecule has 0 saturated carbocycles. The van der Waals surface area contributed by atoms with Crippen molar-refractivity contribution in [3.05, 3.63) is 34.3 Å². The lowest BCUT2D eigenvalue weighted by Gasteiger charge is -2.27. The third-order valence-corrected chi connectivity index (χ3v) is 4.91. The molecular formula is C19H27BrN2O5. The Kier molecular flexibility index (Phi) is 7.25. The molecule has 1 aromatic carbocycles. The lowest BCUT2D eigenvalue weighted by Crippen LogP contribution is -2.46. The topological polar surface area (TPSA) is 99.1 Å². The smallest absolute Gasteiger partial charge is 0.407 e. The van der Waals surface area contributed by atoms with E-state index in [-0.39, 0.29) is 19.0 Å². The molecule has 0 aliphatic carbocycles. The van der Waals surface area contributed by atoms with Gasteiger partial charge >= 0.3 is 12.1 Å². The number of ether oxygens (including phenoxy) is 1. The van der Waals surface area contributed by atoms with Crippen molar-refractivity contribution in [2.24, 2.45) is 0 Å². The normalized spacial score (nSPS) is 21.7. The van der Waals surface area contributed by atoms with Gasteiger partial charge in [0.05, 0.1) is 6.10 Å². The summed E-state index contributed by atoms with van der Waals surface area (Å²) >= 11 is 3.39. The molecule has 1 aromatic rings. The maximum absolute atomic E-state index is 11.8. The Bertz CT molecular complexity index is 659. The van der Waals surface area contributed by atoms with Gasteiger partial charge in [-0.1, -0.05) is 28.1 Å². The number of likely N-dealkylation sites (tertiary alicyclic amines) is 1. The van der Waals surface area contributed by atoms with Crippen LogP contribution in [0.25, 0.3) is 0 Å². The van der Waals surface area contributed by atoms with Crippen LogP contribution in [-0.2, 0) is 9.53 Å². The number of benzene rings is 1. The van der Waals surface area contributed by atoms with Crippen LogP contribution in [0.5, 0.6) is 0 Å². The molecule has 27 heavy (non-hydrogen) atoms. The van der Waals surface area contributed by atoms with E-state index in [9.17, 15) is 19.8 Å². The van der Waals surface area contributed by atoms with Gasteiger partial charge in [0.25, 0.3) is 0 Å². The van der Waals surface area contributed by atoms with Crippen LogP contribution >= 0.6 is 15.9 Å². The summed E-state index contributed by atoms with van der Waals surface area (Å²) in [5.74, 6) is -1.05. The predicted molar refractivity (Wildman–Crippen MR) is 105 cm³/mol. The first-order valence-electron chi connectivity index (χ1n) is 8.94. The van der Waals surface area contributed by atoms with Gasteiger partial charge in [-0.2, -0.15) is 0 Å². The molecular weight excluding hydrogens is 416 g/mol. The number of carboxylic acids is 1. The van der Waals surface area contributed by atoms with E-state index in [0.717, 1.165) is 10.0 Å². The number of alkyl carbamates (subject to hydrolysis) is 1. The maximum Gasteiger partial charge on any atom is 0.407 e. The maximum atomic E-state index is 11.8. The molecule has 2 rings (SSSR count). The number of hydrogen-bond acceptors (Lipinski definition) is 5. The van der Waals surface area contributed by atoms with E-state index >= 15 is 0 Å².